The molecule has 3 nitrogen and oxygen atoms in total. The van der Waals surface area contributed by atoms with Crippen LogP contribution in [0, 0.1) is 0 Å². The maximum atomic E-state index is 12.4. The van der Waals surface area contributed by atoms with E-state index in [0.717, 1.165) is 30.5 Å². The zero-order chi connectivity index (χ0) is 12.5. The molecule has 94 valence electrons. The van der Waals surface area contributed by atoms with Crippen LogP contribution >= 0.6 is 11.3 Å². The number of hydrogen-bond acceptors (Lipinski definition) is 3. The average molecular weight is 260 g/mol. The maximum Gasteiger partial charge on any atom is 0.243 e. The molecule has 1 saturated heterocycles. The lowest BCUT2D eigenvalue weighted by molar-refractivity contribution is -0.119. The number of hydrogen-bond donors (Lipinski definition) is 1. The van der Waals surface area contributed by atoms with Crippen LogP contribution in [-0.4, -0.2) is 25.5 Å². The first-order valence-corrected chi connectivity index (χ1v) is 7.12. The SMILES string of the molecule is CN(C(=O)C1CCCN1)c1csc2ccccc12. The molecule has 1 amide bonds. The summed E-state index contributed by atoms with van der Waals surface area (Å²) in [5.41, 5.74) is 1.02. The van der Waals surface area contributed by atoms with E-state index in [0.29, 0.717) is 0 Å². The number of carbonyl (C=O) groups excluding carboxylic acids is 1. The summed E-state index contributed by atoms with van der Waals surface area (Å²) in [5, 5.41) is 6.49. The highest BCUT2D eigenvalue weighted by atomic mass is 32.1. The number of nitrogens with zero attached hydrogens (tertiary/aromatic N) is 1. The molecule has 18 heavy (non-hydrogen) atoms. The van der Waals surface area contributed by atoms with E-state index < -0.39 is 0 Å². The second-order valence-electron chi connectivity index (χ2n) is 4.66. The second kappa shape index (κ2) is 4.71. The largest absolute Gasteiger partial charge is 0.313 e. The summed E-state index contributed by atoms with van der Waals surface area (Å²) < 4.78 is 1.23. The third kappa shape index (κ3) is 1.91. The summed E-state index contributed by atoms with van der Waals surface area (Å²) in [6.45, 7) is 0.953. The van der Waals surface area contributed by atoms with Crippen molar-refractivity contribution < 1.29 is 4.79 Å². The van der Waals surface area contributed by atoms with Gasteiger partial charge in [-0.05, 0) is 25.5 Å². The molecule has 0 spiro atoms. The van der Waals surface area contributed by atoms with E-state index >= 15 is 0 Å². The molecule has 0 aliphatic carbocycles. The van der Waals surface area contributed by atoms with Crippen LogP contribution in [0.2, 0.25) is 0 Å². The number of rotatable bonds is 2. The quantitative estimate of drug-likeness (QED) is 0.900. The lowest BCUT2D eigenvalue weighted by atomic mass is 10.2. The van der Waals surface area contributed by atoms with Crippen LogP contribution in [0.15, 0.2) is 29.6 Å². The average Bonchev–Trinajstić information content (AvgIpc) is 3.06. The smallest absolute Gasteiger partial charge is 0.243 e. The van der Waals surface area contributed by atoms with Crippen LogP contribution in [0.4, 0.5) is 5.69 Å². The first-order chi connectivity index (χ1) is 8.77. The fourth-order valence-corrected chi connectivity index (χ4v) is 3.45. The van der Waals surface area contributed by atoms with Gasteiger partial charge in [0.15, 0.2) is 0 Å². The highest BCUT2D eigenvalue weighted by Gasteiger charge is 2.26. The molecule has 1 N–H and O–H groups in total. The van der Waals surface area contributed by atoms with E-state index in [2.05, 4.69) is 22.8 Å². The van der Waals surface area contributed by atoms with Crippen LogP contribution in [0.5, 0.6) is 0 Å². The van der Waals surface area contributed by atoms with Gasteiger partial charge in [0.1, 0.15) is 0 Å². The van der Waals surface area contributed by atoms with E-state index in [1.54, 1.807) is 16.2 Å². The molecule has 3 rings (SSSR count). The van der Waals surface area contributed by atoms with Crippen LogP contribution in [0.25, 0.3) is 10.1 Å². The molecule has 0 bridgehead atoms. The van der Waals surface area contributed by atoms with Gasteiger partial charge >= 0.3 is 0 Å². The Hall–Kier alpha value is -1.39. The topological polar surface area (TPSA) is 32.3 Å². The van der Waals surface area contributed by atoms with Gasteiger partial charge in [-0.1, -0.05) is 18.2 Å². The van der Waals surface area contributed by atoms with E-state index in [4.69, 9.17) is 0 Å². The van der Waals surface area contributed by atoms with Crippen molar-refractivity contribution >= 4 is 33.0 Å². The fraction of sp³-hybridized carbons (Fsp3) is 0.357. The molecule has 2 heterocycles. The van der Waals surface area contributed by atoms with Gasteiger partial charge in [0.2, 0.25) is 5.91 Å². The molecule has 1 atom stereocenters. The van der Waals surface area contributed by atoms with Crippen molar-refractivity contribution in [2.45, 2.75) is 18.9 Å². The normalized spacial score (nSPS) is 19.3. The molecule has 1 aromatic heterocycles. The number of amides is 1. The lowest BCUT2D eigenvalue weighted by Crippen LogP contribution is -2.41. The predicted molar refractivity (Wildman–Crippen MR) is 76.3 cm³/mol. The number of fused-ring (bicyclic) bond motifs is 1. The summed E-state index contributed by atoms with van der Waals surface area (Å²) >= 11 is 1.69. The van der Waals surface area contributed by atoms with Gasteiger partial charge in [-0.15, -0.1) is 11.3 Å². The molecule has 0 saturated carbocycles. The summed E-state index contributed by atoms with van der Waals surface area (Å²) in [7, 11) is 1.87. The lowest BCUT2D eigenvalue weighted by Gasteiger charge is -2.20. The molecule has 4 heteroatoms. The first kappa shape index (κ1) is 11.7. The highest BCUT2D eigenvalue weighted by molar-refractivity contribution is 7.17. The molecule has 1 fully saturated rings. The van der Waals surface area contributed by atoms with Crippen LogP contribution in [-0.2, 0) is 4.79 Å². The summed E-state index contributed by atoms with van der Waals surface area (Å²) in [5.74, 6) is 0.177. The van der Waals surface area contributed by atoms with Gasteiger partial charge in [-0.3, -0.25) is 4.79 Å². The van der Waals surface area contributed by atoms with E-state index in [9.17, 15) is 4.79 Å². The van der Waals surface area contributed by atoms with Gasteiger partial charge in [-0.2, -0.15) is 0 Å². The monoisotopic (exact) mass is 260 g/mol. The molecule has 1 aliphatic heterocycles. The zero-order valence-corrected chi connectivity index (χ0v) is 11.2. The number of carbonyl (C=O) groups is 1. The Morgan fingerprint density at radius 2 is 2.28 bits per heavy atom. The third-order valence-corrected chi connectivity index (χ3v) is 4.46. The van der Waals surface area contributed by atoms with Crippen molar-refractivity contribution in [1.82, 2.24) is 5.32 Å². The number of likely N-dealkylation sites (N-methyl/N-ethyl adjacent to an activating group) is 1. The minimum absolute atomic E-state index is 0.00587. The van der Waals surface area contributed by atoms with Gasteiger partial charge in [0, 0.05) is 22.5 Å². The van der Waals surface area contributed by atoms with Crippen LogP contribution in [0.3, 0.4) is 0 Å². The molecule has 1 aromatic carbocycles. The number of benzene rings is 1. The minimum atomic E-state index is -0.00587. The Balaban J connectivity index is 1.91. The van der Waals surface area contributed by atoms with Gasteiger partial charge in [0.05, 0.1) is 11.7 Å². The summed E-state index contributed by atoms with van der Waals surface area (Å²) in [4.78, 5) is 14.1. The molecular formula is C14H16N2OS. The summed E-state index contributed by atoms with van der Waals surface area (Å²) in [6, 6.07) is 8.21. The standard InChI is InChI=1S/C14H16N2OS/c1-16(14(17)11-6-4-8-15-11)12-9-18-13-7-3-2-5-10(12)13/h2-3,5,7,9,11,15H,4,6,8H2,1H3. The summed E-state index contributed by atoms with van der Waals surface area (Å²) in [6.07, 6.45) is 2.04. The van der Waals surface area contributed by atoms with Gasteiger partial charge in [-0.25, -0.2) is 0 Å². The van der Waals surface area contributed by atoms with Crippen molar-refractivity contribution in [3.63, 3.8) is 0 Å². The van der Waals surface area contributed by atoms with Crippen molar-refractivity contribution in [2.75, 3.05) is 18.5 Å². The minimum Gasteiger partial charge on any atom is -0.313 e. The van der Waals surface area contributed by atoms with E-state index in [1.807, 2.05) is 19.2 Å². The Kier molecular flexibility index (Phi) is 3.06. The maximum absolute atomic E-state index is 12.4. The van der Waals surface area contributed by atoms with Crippen molar-refractivity contribution in [1.29, 1.82) is 0 Å². The molecule has 0 radical (unpaired) electrons. The Morgan fingerprint density at radius 3 is 3.06 bits per heavy atom. The number of thiophene rings is 1. The van der Waals surface area contributed by atoms with Gasteiger partial charge < -0.3 is 10.2 Å². The Labute approximate surface area is 110 Å². The van der Waals surface area contributed by atoms with Gasteiger partial charge in [0.25, 0.3) is 0 Å². The predicted octanol–water partition coefficient (Wildman–Crippen LogP) is 2.62. The number of nitrogens with one attached hydrogen (secondary N) is 1. The van der Waals surface area contributed by atoms with Crippen LogP contribution in [0.1, 0.15) is 12.8 Å². The second-order valence-corrected chi connectivity index (χ2v) is 5.57. The first-order valence-electron chi connectivity index (χ1n) is 6.24. The van der Waals surface area contributed by atoms with Crippen molar-refractivity contribution in [3.8, 4) is 0 Å². The molecular weight excluding hydrogens is 244 g/mol. The third-order valence-electron chi connectivity index (χ3n) is 3.51. The van der Waals surface area contributed by atoms with Crippen molar-refractivity contribution in [2.24, 2.45) is 0 Å². The van der Waals surface area contributed by atoms with Crippen molar-refractivity contribution in [3.05, 3.63) is 29.6 Å². The van der Waals surface area contributed by atoms with E-state index in [-0.39, 0.29) is 11.9 Å². The van der Waals surface area contributed by atoms with E-state index in [1.165, 1.54) is 4.70 Å². The molecule has 1 unspecified atom stereocenters. The van der Waals surface area contributed by atoms with Crippen LogP contribution < -0.4 is 10.2 Å². The highest BCUT2D eigenvalue weighted by Crippen LogP contribution is 2.32. The Bertz CT molecular complexity index is 572. The molecule has 1 aliphatic rings. The molecule has 2 aromatic rings. The number of anilines is 1. The fourth-order valence-electron chi connectivity index (χ4n) is 2.47. The Morgan fingerprint density at radius 1 is 1.44 bits per heavy atom. The zero-order valence-electron chi connectivity index (χ0n) is 10.3.